The second-order valence-corrected chi connectivity index (χ2v) is 4.56. The highest BCUT2D eigenvalue weighted by atomic mass is 79.9. The van der Waals surface area contributed by atoms with Crippen LogP contribution in [0, 0.1) is 0 Å². The van der Waals surface area contributed by atoms with Crippen LogP contribution >= 0.6 is 38.9 Å². The predicted octanol–water partition coefficient (Wildman–Crippen LogP) is 3.04. The second kappa shape index (κ2) is 2.22. The zero-order valence-corrected chi connectivity index (χ0v) is 7.85. The van der Waals surface area contributed by atoms with Gasteiger partial charge in [0.05, 0.1) is 9.30 Å². The molecule has 5 heteroatoms. The fourth-order valence-corrected chi connectivity index (χ4v) is 2.40. The van der Waals surface area contributed by atoms with Crippen molar-refractivity contribution in [1.82, 2.24) is 9.97 Å². The Bertz CT molecular complexity index is 303. The minimum atomic E-state index is 0.453. The molecule has 2 aromatic rings. The summed E-state index contributed by atoms with van der Waals surface area (Å²) in [5.41, 5.74) is 0.988. The maximum absolute atomic E-state index is 5.60. The van der Waals surface area contributed by atoms with Gasteiger partial charge in [-0.3, -0.25) is 0 Å². The molecule has 0 spiro atoms. The van der Waals surface area contributed by atoms with Crippen molar-refractivity contribution in [2.24, 2.45) is 0 Å². The highest BCUT2D eigenvalue weighted by Crippen LogP contribution is 2.28. The van der Waals surface area contributed by atoms with Gasteiger partial charge in [-0.15, -0.1) is 11.3 Å². The summed E-state index contributed by atoms with van der Waals surface area (Å²) in [5, 5.41) is 0.453. The van der Waals surface area contributed by atoms with E-state index in [-0.39, 0.29) is 0 Å². The fraction of sp³-hybridized carbons (Fsp3) is 0. The molecule has 2 rings (SSSR count). The number of hydrogen-bond donors (Lipinski definition) is 1. The Kier molecular flexibility index (Phi) is 1.47. The summed E-state index contributed by atoms with van der Waals surface area (Å²) in [5.74, 6) is 0. The van der Waals surface area contributed by atoms with Crippen LogP contribution in [0.25, 0.3) is 10.3 Å². The lowest BCUT2D eigenvalue weighted by Crippen LogP contribution is -1.60. The molecule has 0 amide bonds. The fourth-order valence-electron chi connectivity index (χ4n) is 0.753. The lowest BCUT2D eigenvalue weighted by molar-refractivity contribution is 1.34. The average molecular weight is 238 g/mol. The van der Waals surface area contributed by atoms with Crippen LogP contribution < -0.4 is 0 Å². The van der Waals surface area contributed by atoms with Crippen LogP contribution in [0.3, 0.4) is 0 Å². The van der Waals surface area contributed by atoms with E-state index in [0.29, 0.717) is 5.28 Å². The molecule has 2 aromatic heterocycles. The van der Waals surface area contributed by atoms with Crippen LogP contribution in [0.15, 0.2) is 9.85 Å². The number of aromatic amines is 1. The lowest BCUT2D eigenvalue weighted by atomic mass is 10.6. The molecule has 0 atom stereocenters. The van der Waals surface area contributed by atoms with Gasteiger partial charge in [0.2, 0.25) is 5.28 Å². The maximum atomic E-state index is 5.60. The third kappa shape index (κ3) is 0.962. The monoisotopic (exact) mass is 236 g/mol. The van der Waals surface area contributed by atoms with Crippen LogP contribution in [-0.2, 0) is 0 Å². The van der Waals surface area contributed by atoms with Crippen molar-refractivity contribution >= 4 is 49.2 Å². The molecule has 0 radical (unpaired) electrons. The van der Waals surface area contributed by atoms with E-state index >= 15 is 0 Å². The normalized spacial score (nSPS) is 11.0. The number of rotatable bonds is 0. The van der Waals surface area contributed by atoms with Gasteiger partial charge in [-0.1, -0.05) is 0 Å². The first-order valence-electron chi connectivity index (χ1n) is 2.56. The number of thiophene rings is 1. The molecule has 1 N–H and O–H groups in total. The Morgan fingerprint density at radius 3 is 3.20 bits per heavy atom. The maximum Gasteiger partial charge on any atom is 0.201 e. The molecule has 0 aliphatic carbocycles. The molecule has 0 saturated heterocycles. The van der Waals surface area contributed by atoms with E-state index in [9.17, 15) is 0 Å². The molecule has 2 heterocycles. The standard InChI is InChI=1S/C5H2BrClN2S/c6-3-1-2-4(10-3)9-5(7)8-2/h1H,(H,8,9). The predicted molar refractivity (Wildman–Crippen MR) is 46.7 cm³/mol. The van der Waals surface area contributed by atoms with E-state index in [4.69, 9.17) is 11.6 Å². The van der Waals surface area contributed by atoms with E-state index in [0.717, 1.165) is 14.1 Å². The van der Waals surface area contributed by atoms with Gasteiger partial charge in [-0.05, 0) is 33.6 Å². The number of nitrogens with zero attached hydrogens (tertiary/aromatic N) is 1. The molecule has 52 valence electrons. The van der Waals surface area contributed by atoms with E-state index < -0.39 is 0 Å². The van der Waals surface area contributed by atoms with Crippen LogP contribution in [0.2, 0.25) is 5.28 Å². The van der Waals surface area contributed by atoms with Crippen LogP contribution in [0.5, 0.6) is 0 Å². The number of hydrogen-bond acceptors (Lipinski definition) is 2. The smallest absolute Gasteiger partial charge is 0.201 e. The molecule has 2 nitrogen and oxygen atoms in total. The van der Waals surface area contributed by atoms with Crippen molar-refractivity contribution < 1.29 is 0 Å². The quantitative estimate of drug-likeness (QED) is 0.750. The van der Waals surface area contributed by atoms with Crippen molar-refractivity contribution in [3.63, 3.8) is 0 Å². The summed E-state index contributed by atoms with van der Waals surface area (Å²) in [6.07, 6.45) is 0. The summed E-state index contributed by atoms with van der Waals surface area (Å²) in [4.78, 5) is 7.89. The largest absolute Gasteiger partial charge is 0.328 e. The highest BCUT2D eigenvalue weighted by Gasteiger charge is 2.03. The van der Waals surface area contributed by atoms with Crippen molar-refractivity contribution in [2.45, 2.75) is 0 Å². The van der Waals surface area contributed by atoms with E-state index in [1.54, 1.807) is 11.3 Å². The first-order valence-corrected chi connectivity index (χ1v) is 4.55. The van der Waals surface area contributed by atoms with Crippen molar-refractivity contribution in [2.75, 3.05) is 0 Å². The number of nitrogens with one attached hydrogen (secondary N) is 1. The minimum absolute atomic E-state index is 0.453. The third-order valence-corrected chi connectivity index (χ3v) is 2.83. The van der Waals surface area contributed by atoms with Gasteiger partial charge in [0.25, 0.3) is 0 Å². The number of halogens is 2. The zero-order valence-electron chi connectivity index (χ0n) is 4.69. The summed E-state index contributed by atoms with van der Waals surface area (Å²) in [6.45, 7) is 0. The van der Waals surface area contributed by atoms with E-state index in [1.807, 2.05) is 6.07 Å². The topological polar surface area (TPSA) is 28.7 Å². The Balaban J connectivity index is 2.83. The van der Waals surface area contributed by atoms with Gasteiger partial charge in [-0.2, -0.15) is 0 Å². The van der Waals surface area contributed by atoms with Gasteiger partial charge in [0.1, 0.15) is 4.83 Å². The molecular weight excluding hydrogens is 235 g/mol. The molecule has 0 aliphatic rings. The summed E-state index contributed by atoms with van der Waals surface area (Å²) in [7, 11) is 0. The molecule has 10 heavy (non-hydrogen) atoms. The second-order valence-electron chi connectivity index (χ2n) is 1.80. The van der Waals surface area contributed by atoms with Gasteiger partial charge in [0.15, 0.2) is 0 Å². The highest BCUT2D eigenvalue weighted by molar-refractivity contribution is 9.11. The first-order chi connectivity index (χ1) is 4.75. The van der Waals surface area contributed by atoms with Crippen molar-refractivity contribution in [3.8, 4) is 0 Å². The zero-order chi connectivity index (χ0) is 7.14. The molecular formula is C5H2BrClN2S. The molecule has 0 unspecified atom stereocenters. The van der Waals surface area contributed by atoms with Crippen molar-refractivity contribution in [1.29, 1.82) is 0 Å². The van der Waals surface area contributed by atoms with E-state index in [2.05, 4.69) is 25.9 Å². The van der Waals surface area contributed by atoms with Gasteiger partial charge >= 0.3 is 0 Å². The number of aromatic nitrogens is 2. The van der Waals surface area contributed by atoms with Gasteiger partial charge in [0, 0.05) is 0 Å². The van der Waals surface area contributed by atoms with Gasteiger partial charge in [-0.25, -0.2) is 4.98 Å². The molecule has 0 aliphatic heterocycles. The number of imidazole rings is 1. The van der Waals surface area contributed by atoms with Crippen molar-refractivity contribution in [3.05, 3.63) is 15.1 Å². The SMILES string of the molecule is Clc1nc2sc(Br)cc2[nH]1. The molecule has 0 saturated carbocycles. The first kappa shape index (κ1) is 6.64. The Labute approximate surface area is 74.4 Å². The Morgan fingerprint density at radius 2 is 2.50 bits per heavy atom. The summed E-state index contributed by atoms with van der Waals surface area (Å²) < 4.78 is 1.07. The lowest BCUT2D eigenvalue weighted by Gasteiger charge is -1.73. The third-order valence-electron chi connectivity index (χ3n) is 1.12. The molecule has 0 bridgehead atoms. The summed E-state index contributed by atoms with van der Waals surface area (Å²) in [6, 6.07) is 1.96. The number of H-pyrrole nitrogens is 1. The van der Waals surface area contributed by atoms with E-state index in [1.165, 1.54) is 0 Å². The summed E-state index contributed by atoms with van der Waals surface area (Å²) >= 11 is 10.5. The minimum Gasteiger partial charge on any atom is -0.328 e. The molecule has 0 fully saturated rings. The average Bonchev–Trinajstić information content (AvgIpc) is 2.21. The van der Waals surface area contributed by atoms with Crippen LogP contribution in [0.4, 0.5) is 0 Å². The Hall–Kier alpha value is -0.0600. The Morgan fingerprint density at radius 1 is 1.70 bits per heavy atom. The number of fused-ring (bicyclic) bond motifs is 1. The molecule has 0 aromatic carbocycles. The van der Waals surface area contributed by atoms with Crippen LogP contribution in [-0.4, -0.2) is 9.97 Å². The van der Waals surface area contributed by atoms with Gasteiger partial charge < -0.3 is 4.98 Å². The van der Waals surface area contributed by atoms with Crippen LogP contribution in [0.1, 0.15) is 0 Å².